The molecule has 0 aliphatic carbocycles. The van der Waals surface area contributed by atoms with E-state index in [1.807, 2.05) is 65.0 Å². The van der Waals surface area contributed by atoms with Gasteiger partial charge >= 0.3 is 12.1 Å². The second kappa shape index (κ2) is 9.96. The second-order valence-electron chi connectivity index (χ2n) is 9.24. The number of carbonyl (C=O) groups is 3. The molecule has 30 heavy (non-hydrogen) atoms. The lowest BCUT2D eigenvalue weighted by atomic mass is 9.90. The van der Waals surface area contributed by atoms with Crippen LogP contribution in [0.4, 0.5) is 4.79 Å². The van der Waals surface area contributed by atoms with Gasteiger partial charge in [0, 0.05) is 24.5 Å². The number of hydrogen-bond acceptors (Lipinski definition) is 4. The normalized spacial score (nSPS) is 22.8. The summed E-state index contributed by atoms with van der Waals surface area (Å²) < 4.78 is 5.32. The number of likely N-dealkylation sites (tertiary alicyclic amines) is 1. The van der Waals surface area contributed by atoms with Crippen molar-refractivity contribution in [1.82, 2.24) is 10.2 Å². The van der Waals surface area contributed by atoms with E-state index in [0.717, 1.165) is 5.56 Å². The zero-order valence-corrected chi connectivity index (χ0v) is 18.6. The molecule has 7 heteroatoms. The van der Waals surface area contributed by atoms with Crippen molar-refractivity contribution in [3.8, 4) is 0 Å². The smallest absolute Gasteiger partial charge is 0.407 e. The predicted molar refractivity (Wildman–Crippen MR) is 114 cm³/mol. The van der Waals surface area contributed by atoms with Crippen molar-refractivity contribution >= 4 is 18.0 Å². The molecule has 0 saturated carbocycles. The molecule has 3 atom stereocenters. The number of benzene rings is 1. The standard InChI is InChI=1S/C23H34N2O5/c1-15-11-19(24-22(29)30-23(3,4)5)12-16(2)25(15)20(26)14-18(21(27)28)13-17-9-7-6-8-10-17/h6-10,15-16,18-19H,11-14H2,1-5H3,(H,24,29)(H,27,28)/t15?,16?,18-,19?/m1/s1. The van der Waals surface area contributed by atoms with E-state index in [2.05, 4.69) is 5.32 Å². The van der Waals surface area contributed by atoms with Gasteiger partial charge in [0.2, 0.25) is 5.91 Å². The fourth-order valence-electron chi connectivity index (χ4n) is 4.13. The van der Waals surface area contributed by atoms with E-state index < -0.39 is 23.6 Å². The van der Waals surface area contributed by atoms with Crippen LogP contribution in [0.2, 0.25) is 0 Å². The Morgan fingerprint density at radius 1 is 1.13 bits per heavy atom. The Balaban J connectivity index is 1.97. The molecule has 2 unspecified atom stereocenters. The van der Waals surface area contributed by atoms with Gasteiger partial charge < -0.3 is 20.1 Å². The van der Waals surface area contributed by atoms with Crippen molar-refractivity contribution in [1.29, 1.82) is 0 Å². The maximum atomic E-state index is 13.0. The van der Waals surface area contributed by atoms with Crippen molar-refractivity contribution in [2.75, 3.05) is 0 Å². The monoisotopic (exact) mass is 418 g/mol. The minimum absolute atomic E-state index is 0.0386. The number of ether oxygens (including phenoxy) is 1. The Morgan fingerprint density at radius 3 is 2.20 bits per heavy atom. The number of carboxylic acids is 1. The molecule has 1 aromatic rings. The molecule has 0 aromatic heterocycles. The van der Waals surface area contributed by atoms with Crippen LogP contribution in [0.1, 0.15) is 59.4 Å². The van der Waals surface area contributed by atoms with E-state index in [0.29, 0.717) is 19.3 Å². The molecule has 1 saturated heterocycles. The van der Waals surface area contributed by atoms with Crippen LogP contribution in [0.25, 0.3) is 0 Å². The summed E-state index contributed by atoms with van der Waals surface area (Å²) in [5.41, 5.74) is 0.335. The van der Waals surface area contributed by atoms with Crippen molar-refractivity contribution < 1.29 is 24.2 Å². The molecule has 2 amide bonds. The zero-order valence-electron chi connectivity index (χ0n) is 18.6. The summed E-state index contributed by atoms with van der Waals surface area (Å²) in [6, 6.07) is 9.06. The number of nitrogens with one attached hydrogen (secondary N) is 1. The molecule has 2 N–H and O–H groups in total. The van der Waals surface area contributed by atoms with Crippen molar-refractivity contribution in [3.05, 3.63) is 35.9 Å². The third-order valence-corrected chi connectivity index (χ3v) is 5.31. The lowest BCUT2D eigenvalue weighted by Gasteiger charge is -2.43. The fourth-order valence-corrected chi connectivity index (χ4v) is 4.13. The van der Waals surface area contributed by atoms with Crippen LogP contribution in [0, 0.1) is 5.92 Å². The van der Waals surface area contributed by atoms with Crippen molar-refractivity contribution in [2.24, 2.45) is 5.92 Å². The number of piperidine rings is 1. The summed E-state index contributed by atoms with van der Waals surface area (Å²) in [5.74, 6) is -1.89. The number of alkyl carbamates (subject to hydrolysis) is 1. The molecule has 0 spiro atoms. The van der Waals surface area contributed by atoms with Gasteiger partial charge in [-0.05, 0) is 59.4 Å². The first-order valence-electron chi connectivity index (χ1n) is 10.5. The van der Waals surface area contributed by atoms with Gasteiger partial charge in [-0.2, -0.15) is 0 Å². The van der Waals surface area contributed by atoms with Gasteiger partial charge in [0.1, 0.15) is 5.60 Å². The molecule has 1 heterocycles. The van der Waals surface area contributed by atoms with Gasteiger partial charge in [-0.15, -0.1) is 0 Å². The first-order valence-corrected chi connectivity index (χ1v) is 10.5. The van der Waals surface area contributed by atoms with E-state index in [9.17, 15) is 19.5 Å². The summed E-state index contributed by atoms with van der Waals surface area (Å²) in [6.45, 7) is 9.31. The highest BCUT2D eigenvalue weighted by molar-refractivity contribution is 5.83. The van der Waals surface area contributed by atoms with Gasteiger partial charge in [-0.25, -0.2) is 4.79 Å². The number of rotatable bonds is 6. The first-order chi connectivity index (χ1) is 14.0. The maximum Gasteiger partial charge on any atom is 0.407 e. The SMILES string of the molecule is CC1CC(NC(=O)OC(C)(C)C)CC(C)N1C(=O)C[C@@H](Cc1ccccc1)C(=O)O. The summed E-state index contributed by atoms with van der Waals surface area (Å²) in [5, 5.41) is 12.5. The third kappa shape index (κ3) is 7.04. The minimum atomic E-state index is -0.964. The van der Waals surface area contributed by atoms with Gasteiger partial charge in [-0.3, -0.25) is 9.59 Å². The number of carboxylic acid groups (broad SMARTS) is 1. The summed E-state index contributed by atoms with van der Waals surface area (Å²) in [6.07, 6.45) is 1.03. The van der Waals surface area contributed by atoms with Crippen molar-refractivity contribution in [2.45, 2.75) is 84.0 Å². The van der Waals surface area contributed by atoms with Crippen molar-refractivity contribution in [3.63, 3.8) is 0 Å². The molecule has 1 aromatic carbocycles. The van der Waals surface area contributed by atoms with E-state index in [1.165, 1.54) is 0 Å². The Labute approximate surface area is 178 Å². The highest BCUT2D eigenvalue weighted by Gasteiger charge is 2.36. The van der Waals surface area contributed by atoms with E-state index in [4.69, 9.17) is 4.74 Å². The second-order valence-corrected chi connectivity index (χ2v) is 9.24. The molecule has 0 bridgehead atoms. The minimum Gasteiger partial charge on any atom is -0.481 e. The molecule has 2 rings (SSSR count). The zero-order chi connectivity index (χ0) is 22.5. The van der Waals surface area contributed by atoms with E-state index in [1.54, 1.807) is 4.90 Å². The Hall–Kier alpha value is -2.57. The fraction of sp³-hybridized carbons (Fsp3) is 0.609. The number of aliphatic carboxylic acids is 1. The lowest BCUT2D eigenvalue weighted by Crippen LogP contribution is -2.55. The number of amides is 2. The molecular formula is C23H34N2O5. The Kier molecular flexibility index (Phi) is 7.87. The van der Waals surface area contributed by atoms with Crippen LogP contribution < -0.4 is 5.32 Å². The highest BCUT2D eigenvalue weighted by Crippen LogP contribution is 2.26. The number of nitrogens with zero attached hydrogens (tertiary/aromatic N) is 1. The average molecular weight is 419 g/mol. The number of carbonyl (C=O) groups excluding carboxylic acids is 2. The topological polar surface area (TPSA) is 95.9 Å². The van der Waals surface area contributed by atoms with Gasteiger partial charge in [-0.1, -0.05) is 30.3 Å². The van der Waals surface area contributed by atoms with E-state index in [-0.39, 0.29) is 30.5 Å². The summed E-state index contributed by atoms with van der Waals surface area (Å²) >= 11 is 0. The van der Waals surface area contributed by atoms with E-state index >= 15 is 0 Å². The Morgan fingerprint density at radius 2 is 1.70 bits per heavy atom. The number of hydrogen-bond donors (Lipinski definition) is 2. The lowest BCUT2D eigenvalue weighted by molar-refractivity contribution is -0.148. The first kappa shape index (κ1) is 23.7. The van der Waals surface area contributed by atoms with Gasteiger partial charge in [0.15, 0.2) is 0 Å². The van der Waals surface area contributed by atoms with Crippen LogP contribution in [0.3, 0.4) is 0 Å². The Bertz CT molecular complexity index is 732. The summed E-state index contributed by atoms with van der Waals surface area (Å²) in [4.78, 5) is 38.6. The van der Waals surface area contributed by atoms with Crippen LogP contribution >= 0.6 is 0 Å². The predicted octanol–water partition coefficient (Wildman–Crippen LogP) is 3.61. The molecule has 1 aliphatic rings. The van der Waals surface area contributed by atoms with Crippen LogP contribution in [0.5, 0.6) is 0 Å². The quantitative estimate of drug-likeness (QED) is 0.736. The largest absolute Gasteiger partial charge is 0.481 e. The van der Waals surface area contributed by atoms with Gasteiger partial charge in [0.05, 0.1) is 5.92 Å². The molecule has 7 nitrogen and oxygen atoms in total. The van der Waals surface area contributed by atoms with Gasteiger partial charge in [0.25, 0.3) is 0 Å². The highest BCUT2D eigenvalue weighted by atomic mass is 16.6. The average Bonchev–Trinajstić information content (AvgIpc) is 2.59. The summed E-state index contributed by atoms with van der Waals surface area (Å²) in [7, 11) is 0. The molecule has 1 aliphatic heterocycles. The molecular weight excluding hydrogens is 384 g/mol. The van der Waals surface area contributed by atoms with Crippen LogP contribution in [-0.2, 0) is 20.7 Å². The molecule has 1 fully saturated rings. The third-order valence-electron chi connectivity index (χ3n) is 5.31. The molecule has 0 radical (unpaired) electrons. The van der Waals surface area contributed by atoms with Crippen LogP contribution in [-0.4, -0.2) is 51.7 Å². The maximum absolute atomic E-state index is 13.0. The van der Waals surface area contributed by atoms with Crippen LogP contribution in [0.15, 0.2) is 30.3 Å². The molecule has 166 valence electrons.